The number of nitriles is 1. The average Bonchev–Trinajstić information content (AvgIpc) is 3.30. The van der Waals surface area contributed by atoms with Gasteiger partial charge in [-0.2, -0.15) is 9.57 Å². The lowest BCUT2D eigenvalue weighted by molar-refractivity contribution is 0.276. The fraction of sp³-hybridized carbons (Fsp3) is 0.500. The van der Waals surface area contributed by atoms with Gasteiger partial charge in [-0.1, -0.05) is 0 Å². The normalized spacial score (nSPS) is 18.1. The molecule has 1 aromatic carbocycles. The lowest BCUT2D eigenvalue weighted by Crippen LogP contribution is -2.47. The number of rotatable bonds is 5. The molecule has 0 heterocycles. The highest BCUT2D eigenvalue weighted by Crippen LogP contribution is 2.44. The van der Waals surface area contributed by atoms with Gasteiger partial charge in [0.05, 0.1) is 18.1 Å². The van der Waals surface area contributed by atoms with Gasteiger partial charge in [-0.25, -0.2) is 12.8 Å². The minimum Gasteiger partial charge on any atom is -0.494 e. The molecular weight excluding hydrogens is 295 g/mol. The van der Waals surface area contributed by atoms with Gasteiger partial charge in [-0.05, 0) is 37.8 Å². The van der Waals surface area contributed by atoms with Crippen LogP contribution in [0.1, 0.15) is 19.8 Å². The van der Waals surface area contributed by atoms with E-state index in [9.17, 15) is 18.1 Å². The Morgan fingerprint density at radius 3 is 2.57 bits per heavy atom. The van der Waals surface area contributed by atoms with E-state index in [1.54, 1.807) is 6.92 Å². The summed E-state index contributed by atoms with van der Waals surface area (Å²) in [5.74, 6) is -0.747. The maximum Gasteiger partial charge on any atom is 0.244 e. The van der Waals surface area contributed by atoms with Crippen molar-refractivity contribution in [2.45, 2.75) is 30.2 Å². The molecule has 7 heteroatoms. The third kappa shape index (κ3) is 2.61. The highest BCUT2D eigenvalue weighted by molar-refractivity contribution is 7.89. The minimum atomic E-state index is -3.90. The summed E-state index contributed by atoms with van der Waals surface area (Å²) >= 11 is 0. The van der Waals surface area contributed by atoms with Gasteiger partial charge >= 0.3 is 0 Å². The van der Waals surface area contributed by atoms with E-state index >= 15 is 0 Å². The van der Waals surface area contributed by atoms with Gasteiger partial charge < -0.3 is 4.74 Å². The maximum atomic E-state index is 13.4. The maximum absolute atomic E-state index is 13.4. The molecule has 1 atom stereocenters. The fourth-order valence-corrected chi connectivity index (χ4v) is 3.77. The zero-order valence-corrected chi connectivity index (χ0v) is 12.9. The molecule has 1 aliphatic rings. The van der Waals surface area contributed by atoms with E-state index in [0.717, 1.165) is 29.3 Å². The quantitative estimate of drug-likeness (QED) is 0.835. The zero-order valence-electron chi connectivity index (χ0n) is 12.1. The van der Waals surface area contributed by atoms with Crippen molar-refractivity contribution in [1.29, 1.82) is 5.26 Å². The first-order valence-corrected chi connectivity index (χ1v) is 7.95. The van der Waals surface area contributed by atoms with Gasteiger partial charge in [-0.3, -0.25) is 0 Å². The van der Waals surface area contributed by atoms with Crippen LogP contribution in [0.3, 0.4) is 0 Å². The van der Waals surface area contributed by atoms with Gasteiger partial charge in [0.1, 0.15) is 5.54 Å². The number of nitrogens with zero attached hydrogens (tertiary/aromatic N) is 2. The summed E-state index contributed by atoms with van der Waals surface area (Å²) in [4.78, 5) is -0.0922. The van der Waals surface area contributed by atoms with Crippen molar-refractivity contribution in [3.8, 4) is 11.8 Å². The van der Waals surface area contributed by atoms with Crippen LogP contribution < -0.4 is 4.74 Å². The van der Waals surface area contributed by atoms with Crippen LogP contribution in [0.2, 0.25) is 0 Å². The molecule has 0 saturated heterocycles. The first-order valence-electron chi connectivity index (χ1n) is 6.51. The van der Waals surface area contributed by atoms with Crippen molar-refractivity contribution < 1.29 is 17.5 Å². The van der Waals surface area contributed by atoms with Crippen LogP contribution in [-0.4, -0.2) is 32.4 Å². The molecular formula is C14H17FN2O3S. The van der Waals surface area contributed by atoms with Gasteiger partial charge in [0, 0.05) is 13.1 Å². The number of ether oxygens (including phenoxy) is 1. The van der Waals surface area contributed by atoms with E-state index < -0.39 is 21.4 Å². The summed E-state index contributed by atoms with van der Waals surface area (Å²) in [5, 5.41) is 9.38. The van der Waals surface area contributed by atoms with Crippen molar-refractivity contribution in [3.63, 3.8) is 0 Å². The number of methoxy groups -OCH3 is 1. The predicted octanol–water partition coefficient (Wildman–Crippen LogP) is 2.15. The van der Waals surface area contributed by atoms with Crippen LogP contribution in [-0.2, 0) is 10.0 Å². The molecule has 1 fully saturated rings. The van der Waals surface area contributed by atoms with Crippen LogP contribution in [0.15, 0.2) is 23.1 Å². The summed E-state index contributed by atoms with van der Waals surface area (Å²) in [6.07, 6.45) is 1.66. The summed E-state index contributed by atoms with van der Waals surface area (Å²) in [6.45, 7) is 1.61. The van der Waals surface area contributed by atoms with Crippen LogP contribution in [0.4, 0.5) is 4.39 Å². The third-order valence-electron chi connectivity index (χ3n) is 4.03. The second-order valence-corrected chi connectivity index (χ2v) is 7.27. The minimum absolute atomic E-state index is 0.0321. The average molecular weight is 312 g/mol. The fourth-order valence-electron chi connectivity index (χ4n) is 2.27. The number of hydrogen-bond acceptors (Lipinski definition) is 4. The van der Waals surface area contributed by atoms with Crippen LogP contribution >= 0.6 is 0 Å². The number of hydrogen-bond donors (Lipinski definition) is 0. The largest absolute Gasteiger partial charge is 0.494 e. The number of halogens is 1. The molecule has 0 amide bonds. The van der Waals surface area contributed by atoms with Crippen molar-refractivity contribution in [1.82, 2.24) is 4.31 Å². The van der Waals surface area contributed by atoms with Crippen molar-refractivity contribution in [2.24, 2.45) is 5.92 Å². The third-order valence-corrected chi connectivity index (χ3v) is 5.98. The van der Waals surface area contributed by atoms with E-state index in [4.69, 9.17) is 4.74 Å². The smallest absolute Gasteiger partial charge is 0.244 e. The number of benzene rings is 1. The van der Waals surface area contributed by atoms with Crippen LogP contribution in [0, 0.1) is 23.1 Å². The van der Waals surface area contributed by atoms with Gasteiger partial charge in [0.15, 0.2) is 11.6 Å². The summed E-state index contributed by atoms with van der Waals surface area (Å²) < 4.78 is 44.6. The van der Waals surface area contributed by atoms with Crippen molar-refractivity contribution >= 4 is 10.0 Å². The number of sulfonamides is 1. The van der Waals surface area contributed by atoms with E-state index in [-0.39, 0.29) is 16.6 Å². The Hall–Kier alpha value is -1.65. The highest BCUT2D eigenvalue weighted by Gasteiger charge is 2.49. The molecule has 1 saturated carbocycles. The molecule has 0 aliphatic heterocycles. The molecule has 21 heavy (non-hydrogen) atoms. The Balaban J connectivity index is 2.44. The highest BCUT2D eigenvalue weighted by atomic mass is 32.2. The lowest BCUT2D eigenvalue weighted by atomic mass is 9.99. The van der Waals surface area contributed by atoms with Crippen molar-refractivity contribution in [3.05, 3.63) is 24.0 Å². The molecule has 0 bridgehead atoms. The molecule has 0 aromatic heterocycles. The topological polar surface area (TPSA) is 70.4 Å². The Kier molecular flexibility index (Phi) is 3.95. The van der Waals surface area contributed by atoms with Gasteiger partial charge in [0.2, 0.25) is 10.0 Å². The SMILES string of the molecule is COc1cc(S(=O)(=O)N(C)[C@](C)(C#N)C2CC2)ccc1F. The Morgan fingerprint density at radius 2 is 2.10 bits per heavy atom. The van der Waals surface area contributed by atoms with Crippen LogP contribution in [0.25, 0.3) is 0 Å². The standard InChI is InChI=1S/C14H17FN2O3S/c1-14(9-16,10-4-5-10)17(2)21(18,19)11-6-7-12(15)13(8-11)20-3/h6-8,10H,4-5H2,1-3H3/t14-/m1/s1. The lowest BCUT2D eigenvalue weighted by Gasteiger charge is -2.32. The molecule has 114 valence electrons. The van der Waals surface area contributed by atoms with E-state index in [1.807, 2.05) is 0 Å². The van der Waals surface area contributed by atoms with Gasteiger partial charge in [-0.15, -0.1) is 0 Å². The molecule has 2 rings (SSSR count). The second kappa shape index (κ2) is 5.28. The molecule has 0 spiro atoms. The zero-order chi connectivity index (χ0) is 15.8. The Bertz CT molecular complexity index is 695. The Morgan fingerprint density at radius 1 is 1.48 bits per heavy atom. The first kappa shape index (κ1) is 15.7. The molecule has 0 radical (unpaired) electrons. The summed E-state index contributed by atoms with van der Waals surface area (Å²) in [6, 6.07) is 5.45. The monoisotopic (exact) mass is 312 g/mol. The van der Waals surface area contributed by atoms with Gasteiger partial charge in [0.25, 0.3) is 0 Å². The molecule has 0 N–H and O–H groups in total. The molecule has 5 nitrogen and oxygen atoms in total. The van der Waals surface area contributed by atoms with Crippen molar-refractivity contribution in [2.75, 3.05) is 14.2 Å². The molecule has 0 unspecified atom stereocenters. The molecule has 1 aromatic rings. The molecule has 1 aliphatic carbocycles. The second-order valence-electron chi connectivity index (χ2n) is 5.30. The van der Waals surface area contributed by atoms with Crippen LogP contribution in [0.5, 0.6) is 5.75 Å². The first-order chi connectivity index (χ1) is 9.77. The summed E-state index contributed by atoms with van der Waals surface area (Å²) in [5.41, 5.74) is -1.10. The summed E-state index contributed by atoms with van der Waals surface area (Å²) in [7, 11) is -1.25. The van der Waals surface area contributed by atoms with E-state index in [1.165, 1.54) is 20.2 Å². The van der Waals surface area contributed by atoms with E-state index in [0.29, 0.717) is 0 Å². The van der Waals surface area contributed by atoms with E-state index in [2.05, 4.69) is 6.07 Å². The predicted molar refractivity (Wildman–Crippen MR) is 74.6 cm³/mol. The Labute approximate surface area is 124 Å².